The summed E-state index contributed by atoms with van der Waals surface area (Å²) >= 11 is 6.11. The van der Waals surface area contributed by atoms with Crippen molar-refractivity contribution in [3.8, 4) is 0 Å². The smallest absolute Gasteiger partial charge is 0.374 e. The van der Waals surface area contributed by atoms with Gasteiger partial charge in [-0.25, -0.2) is 4.79 Å². The van der Waals surface area contributed by atoms with Crippen molar-refractivity contribution in [3.05, 3.63) is 0 Å². The summed E-state index contributed by atoms with van der Waals surface area (Å²) in [4.78, 5) is 11.2. The molecule has 0 rings (SSSR count). The van der Waals surface area contributed by atoms with Crippen LogP contribution in [0.4, 0.5) is 4.79 Å². The van der Waals surface area contributed by atoms with Crippen LogP contribution in [0.3, 0.4) is 0 Å². The SMILES string of the molecule is CCCCC(CCC)NC(=S)SC(=O)OCC. The van der Waals surface area contributed by atoms with E-state index in [1.54, 1.807) is 6.92 Å². The quantitative estimate of drug-likeness (QED) is 0.560. The molecular formula is C12H23NO2S2. The van der Waals surface area contributed by atoms with Crippen molar-refractivity contribution in [2.45, 2.75) is 58.9 Å². The first-order chi connectivity index (χ1) is 8.13. The van der Waals surface area contributed by atoms with Crippen molar-refractivity contribution in [2.75, 3.05) is 6.61 Å². The minimum absolute atomic E-state index is 0.323. The zero-order chi connectivity index (χ0) is 13.1. The zero-order valence-electron chi connectivity index (χ0n) is 11.0. The van der Waals surface area contributed by atoms with Crippen LogP contribution in [0, 0.1) is 0 Å². The third-order valence-electron chi connectivity index (χ3n) is 2.30. The Balaban J connectivity index is 3.97. The molecule has 1 atom stereocenters. The number of hydrogen-bond donors (Lipinski definition) is 1. The fourth-order valence-electron chi connectivity index (χ4n) is 1.51. The average Bonchev–Trinajstić information content (AvgIpc) is 2.26. The highest BCUT2D eigenvalue weighted by Gasteiger charge is 2.12. The molecule has 0 aliphatic rings. The summed E-state index contributed by atoms with van der Waals surface area (Å²) in [5.41, 5.74) is 0. The fourth-order valence-corrected chi connectivity index (χ4v) is 2.43. The molecule has 1 N–H and O–H groups in total. The van der Waals surface area contributed by atoms with E-state index >= 15 is 0 Å². The lowest BCUT2D eigenvalue weighted by Crippen LogP contribution is -2.32. The number of carbonyl (C=O) groups is 1. The van der Waals surface area contributed by atoms with Gasteiger partial charge in [0.2, 0.25) is 0 Å². The summed E-state index contributed by atoms with van der Waals surface area (Å²) in [5, 5.41) is 2.91. The van der Waals surface area contributed by atoms with Gasteiger partial charge < -0.3 is 10.1 Å². The van der Waals surface area contributed by atoms with Crippen molar-refractivity contribution in [1.82, 2.24) is 5.32 Å². The maximum absolute atomic E-state index is 11.2. The van der Waals surface area contributed by atoms with Gasteiger partial charge >= 0.3 is 5.30 Å². The molecule has 0 aromatic heterocycles. The van der Waals surface area contributed by atoms with E-state index < -0.39 is 0 Å². The van der Waals surface area contributed by atoms with Gasteiger partial charge in [0, 0.05) is 17.8 Å². The molecule has 0 fully saturated rings. The predicted octanol–water partition coefficient (Wildman–Crippen LogP) is 4.11. The lowest BCUT2D eigenvalue weighted by molar-refractivity contribution is 0.182. The predicted molar refractivity (Wildman–Crippen MR) is 78.6 cm³/mol. The van der Waals surface area contributed by atoms with Crippen molar-refractivity contribution in [2.24, 2.45) is 0 Å². The minimum atomic E-state index is -0.323. The third-order valence-corrected chi connectivity index (χ3v) is 3.26. The van der Waals surface area contributed by atoms with Crippen LogP contribution in [0.15, 0.2) is 0 Å². The maximum atomic E-state index is 11.2. The number of rotatable bonds is 7. The molecule has 0 aliphatic heterocycles. The van der Waals surface area contributed by atoms with Crippen LogP contribution in [0.2, 0.25) is 0 Å². The summed E-state index contributed by atoms with van der Waals surface area (Å²) in [6.07, 6.45) is 5.68. The lowest BCUT2D eigenvalue weighted by atomic mass is 10.1. The molecule has 0 aromatic rings. The molecule has 17 heavy (non-hydrogen) atoms. The van der Waals surface area contributed by atoms with Gasteiger partial charge in [-0.1, -0.05) is 45.3 Å². The second-order valence-electron chi connectivity index (χ2n) is 3.84. The Hall–Kier alpha value is -0.290. The highest BCUT2D eigenvalue weighted by molar-refractivity contribution is 8.32. The zero-order valence-corrected chi connectivity index (χ0v) is 12.6. The van der Waals surface area contributed by atoms with E-state index in [0.29, 0.717) is 17.0 Å². The van der Waals surface area contributed by atoms with E-state index in [-0.39, 0.29) is 5.30 Å². The summed E-state index contributed by atoms with van der Waals surface area (Å²) in [7, 11) is 0. The molecular weight excluding hydrogens is 254 g/mol. The van der Waals surface area contributed by atoms with Gasteiger partial charge in [0.25, 0.3) is 0 Å². The Bertz CT molecular complexity index is 235. The number of thiocarbonyl (C=S) groups is 1. The summed E-state index contributed by atoms with van der Waals surface area (Å²) in [5.74, 6) is 0. The Morgan fingerprint density at radius 1 is 1.29 bits per heavy atom. The van der Waals surface area contributed by atoms with Gasteiger partial charge in [-0.2, -0.15) is 0 Å². The van der Waals surface area contributed by atoms with Crippen LogP contribution in [-0.2, 0) is 4.74 Å². The maximum Gasteiger partial charge on any atom is 0.374 e. The minimum Gasteiger partial charge on any atom is -0.458 e. The molecule has 100 valence electrons. The molecule has 0 amide bonds. The Labute approximate surface area is 114 Å². The van der Waals surface area contributed by atoms with E-state index in [1.807, 2.05) is 0 Å². The van der Waals surface area contributed by atoms with Crippen LogP contribution in [-0.4, -0.2) is 22.3 Å². The highest BCUT2D eigenvalue weighted by atomic mass is 32.2. The number of nitrogens with one attached hydrogen (secondary N) is 1. The first-order valence-corrected chi connectivity index (χ1v) is 7.51. The number of unbranched alkanes of at least 4 members (excludes halogenated alkanes) is 1. The van der Waals surface area contributed by atoms with Gasteiger partial charge in [-0.15, -0.1) is 0 Å². The van der Waals surface area contributed by atoms with Gasteiger partial charge in [0.1, 0.15) is 4.32 Å². The highest BCUT2D eigenvalue weighted by Crippen LogP contribution is 2.12. The lowest BCUT2D eigenvalue weighted by Gasteiger charge is -2.18. The molecule has 0 bridgehead atoms. The summed E-state index contributed by atoms with van der Waals surface area (Å²) < 4.78 is 5.36. The van der Waals surface area contributed by atoms with Crippen LogP contribution in [0.1, 0.15) is 52.9 Å². The molecule has 0 saturated heterocycles. The number of hydrogen-bond acceptors (Lipinski definition) is 4. The van der Waals surface area contributed by atoms with Crippen LogP contribution in [0.25, 0.3) is 0 Å². The summed E-state index contributed by atoms with van der Waals surface area (Å²) in [6.45, 7) is 6.51. The fraction of sp³-hybridized carbons (Fsp3) is 0.833. The standard InChI is InChI=1S/C12H23NO2S2/c1-4-7-9-10(8-5-2)13-11(16)17-12(14)15-6-3/h10H,4-9H2,1-3H3,(H,13,16). The van der Waals surface area contributed by atoms with Crippen LogP contribution >= 0.6 is 24.0 Å². The van der Waals surface area contributed by atoms with Crippen molar-refractivity contribution in [1.29, 1.82) is 0 Å². The van der Waals surface area contributed by atoms with Crippen LogP contribution in [0.5, 0.6) is 0 Å². The molecule has 0 radical (unpaired) electrons. The summed E-state index contributed by atoms with van der Waals surface area (Å²) in [6, 6.07) is 0.384. The average molecular weight is 277 g/mol. The van der Waals surface area contributed by atoms with Gasteiger partial charge in [-0.05, 0) is 19.8 Å². The van der Waals surface area contributed by atoms with Gasteiger partial charge in [0.15, 0.2) is 0 Å². The number of ether oxygens (including phenoxy) is 1. The first kappa shape index (κ1) is 16.7. The first-order valence-electron chi connectivity index (χ1n) is 6.29. The van der Waals surface area contributed by atoms with Gasteiger partial charge in [-0.3, -0.25) is 0 Å². The number of thioether (sulfide) groups is 1. The molecule has 0 saturated carbocycles. The molecule has 3 nitrogen and oxygen atoms in total. The van der Waals surface area contributed by atoms with E-state index in [2.05, 4.69) is 19.2 Å². The van der Waals surface area contributed by atoms with E-state index in [1.165, 1.54) is 12.8 Å². The third kappa shape index (κ3) is 9.41. The largest absolute Gasteiger partial charge is 0.458 e. The molecule has 0 aliphatic carbocycles. The molecule has 1 unspecified atom stereocenters. The Morgan fingerprint density at radius 3 is 2.53 bits per heavy atom. The van der Waals surface area contributed by atoms with Crippen molar-refractivity contribution in [3.63, 3.8) is 0 Å². The Morgan fingerprint density at radius 2 is 2.00 bits per heavy atom. The molecule has 0 heterocycles. The molecule has 5 heteroatoms. The monoisotopic (exact) mass is 277 g/mol. The molecule has 0 aromatic carbocycles. The normalized spacial score (nSPS) is 11.9. The van der Waals surface area contributed by atoms with Crippen molar-refractivity contribution < 1.29 is 9.53 Å². The topological polar surface area (TPSA) is 38.3 Å². The van der Waals surface area contributed by atoms with Crippen LogP contribution < -0.4 is 5.32 Å². The van der Waals surface area contributed by atoms with Gasteiger partial charge in [0.05, 0.1) is 6.61 Å². The van der Waals surface area contributed by atoms with Crippen molar-refractivity contribution >= 4 is 33.6 Å². The van der Waals surface area contributed by atoms with E-state index in [4.69, 9.17) is 17.0 Å². The Kier molecular flexibility index (Phi) is 10.7. The van der Waals surface area contributed by atoms with E-state index in [0.717, 1.165) is 31.0 Å². The van der Waals surface area contributed by atoms with E-state index in [9.17, 15) is 4.79 Å². The molecule has 0 spiro atoms. The second kappa shape index (κ2) is 10.8. The number of carbonyl (C=O) groups excluding carboxylic acids is 1. The second-order valence-corrected chi connectivity index (χ2v) is 5.46.